The average Bonchev–Trinajstić information content (AvgIpc) is 2.94. The van der Waals surface area contributed by atoms with Crippen LogP contribution >= 0.6 is 11.6 Å². The lowest BCUT2D eigenvalue weighted by Gasteiger charge is -2.39. The fraction of sp³-hybridized carbons (Fsp3) is 0.400. The highest BCUT2D eigenvalue weighted by Gasteiger charge is 2.35. The van der Waals surface area contributed by atoms with E-state index in [0.29, 0.717) is 24.7 Å². The molecule has 1 aliphatic heterocycles. The standard InChI is InChI=1S/C15H19ClN4O2S/c1-12-9-19(14-5-3-4-13(16)8-14)6-7-20(12)23(21,22)15-10-18(2)11-17-15/h3-5,8,10-12H,6-7,9H2,1-2H3/t12-/m0/s1. The summed E-state index contributed by atoms with van der Waals surface area (Å²) in [7, 11) is -1.80. The number of benzene rings is 1. The molecule has 8 heteroatoms. The molecule has 0 N–H and O–H groups in total. The Hall–Kier alpha value is -1.57. The molecular formula is C15H19ClN4O2S. The number of aryl methyl sites for hydroxylation is 1. The van der Waals surface area contributed by atoms with Crippen LogP contribution in [-0.4, -0.2) is 48.0 Å². The molecule has 1 aliphatic rings. The summed E-state index contributed by atoms with van der Waals surface area (Å²) >= 11 is 6.04. The fourth-order valence-electron chi connectivity index (χ4n) is 2.85. The van der Waals surface area contributed by atoms with Crippen molar-refractivity contribution in [3.63, 3.8) is 0 Å². The molecular weight excluding hydrogens is 336 g/mol. The summed E-state index contributed by atoms with van der Waals surface area (Å²) in [6, 6.07) is 7.48. The zero-order valence-corrected chi connectivity index (χ0v) is 14.6. The smallest absolute Gasteiger partial charge is 0.262 e. The summed E-state index contributed by atoms with van der Waals surface area (Å²) in [4.78, 5) is 6.14. The predicted octanol–water partition coefficient (Wildman–Crippen LogP) is 1.97. The zero-order chi connectivity index (χ0) is 16.6. The second-order valence-electron chi connectivity index (χ2n) is 5.77. The first-order valence-corrected chi connectivity index (χ1v) is 9.20. The van der Waals surface area contributed by atoms with Crippen LogP contribution < -0.4 is 4.90 Å². The van der Waals surface area contributed by atoms with Gasteiger partial charge in [0.15, 0.2) is 5.03 Å². The van der Waals surface area contributed by atoms with Gasteiger partial charge in [-0.1, -0.05) is 17.7 Å². The topological polar surface area (TPSA) is 58.4 Å². The Balaban J connectivity index is 1.79. The first-order chi connectivity index (χ1) is 10.9. The van der Waals surface area contributed by atoms with Gasteiger partial charge in [-0.05, 0) is 25.1 Å². The molecule has 124 valence electrons. The van der Waals surface area contributed by atoms with E-state index in [1.54, 1.807) is 11.6 Å². The van der Waals surface area contributed by atoms with Gasteiger partial charge in [0.2, 0.25) is 0 Å². The molecule has 0 bridgehead atoms. The van der Waals surface area contributed by atoms with Crippen molar-refractivity contribution >= 4 is 27.3 Å². The van der Waals surface area contributed by atoms with Gasteiger partial charge in [-0.3, -0.25) is 0 Å². The Morgan fingerprint density at radius 1 is 1.30 bits per heavy atom. The molecule has 1 fully saturated rings. The summed E-state index contributed by atoms with van der Waals surface area (Å²) < 4.78 is 28.6. The van der Waals surface area contributed by atoms with Crippen LogP contribution in [0.1, 0.15) is 6.92 Å². The van der Waals surface area contributed by atoms with E-state index in [1.165, 1.54) is 16.8 Å². The highest BCUT2D eigenvalue weighted by atomic mass is 35.5. The number of aromatic nitrogens is 2. The van der Waals surface area contributed by atoms with Crippen molar-refractivity contribution in [2.24, 2.45) is 7.05 Å². The van der Waals surface area contributed by atoms with Crippen molar-refractivity contribution in [3.05, 3.63) is 41.8 Å². The molecule has 0 radical (unpaired) electrons. The number of sulfonamides is 1. The molecule has 0 amide bonds. The maximum absolute atomic E-state index is 12.7. The van der Waals surface area contributed by atoms with Crippen LogP contribution in [0.25, 0.3) is 0 Å². The Labute approximate surface area is 141 Å². The van der Waals surface area contributed by atoms with Crippen molar-refractivity contribution in [2.45, 2.75) is 18.0 Å². The summed E-state index contributed by atoms with van der Waals surface area (Å²) in [5.41, 5.74) is 1.01. The molecule has 1 aromatic carbocycles. The summed E-state index contributed by atoms with van der Waals surface area (Å²) in [6.07, 6.45) is 3.03. The Kier molecular flexibility index (Phi) is 4.35. The number of imidazole rings is 1. The highest BCUT2D eigenvalue weighted by molar-refractivity contribution is 7.89. The third kappa shape index (κ3) is 3.22. The summed E-state index contributed by atoms with van der Waals surface area (Å²) in [5.74, 6) is 0. The normalized spacial score (nSPS) is 20.0. The fourth-order valence-corrected chi connectivity index (χ4v) is 4.61. The number of nitrogens with zero attached hydrogens (tertiary/aromatic N) is 4. The van der Waals surface area contributed by atoms with E-state index in [2.05, 4.69) is 9.88 Å². The monoisotopic (exact) mass is 354 g/mol. The van der Waals surface area contributed by atoms with E-state index < -0.39 is 10.0 Å². The highest BCUT2D eigenvalue weighted by Crippen LogP contribution is 2.25. The number of piperazine rings is 1. The van der Waals surface area contributed by atoms with Crippen LogP contribution in [0, 0.1) is 0 Å². The van der Waals surface area contributed by atoms with Gasteiger partial charge in [0.1, 0.15) is 0 Å². The van der Waals surface area contributed by atoms with E-state index >= 15 is 0 Å². The van der Waals surface area contributed by atoms with Gasteiger partial charge in [-0.2, -0.15) is 4.31 Å². The van der Waals surface area contributed by atoms with E-state index in [4.69, 9.17) is 11.6 Å². The second-order valence-corrected chi connectivity index (χ2v) is 8.04. The number of rotatable bonds is 3. The molecule has 0 spiro atoms. The van der Waals surface area contributed by atoms with Crippen LogP contribution in [-0.2, 0) is 17.1 Å². The van der Waals surface area contributed by atoms with Gasteiger partial charge in [0, 0.05) is 49.6 Å². The molecule has 3 rings (SSSR count). The minimum Gasteiger partial charge on any atom is -0.369 e. The minimum absolute atomic E-state index is 0.100. The van der Waals surface area contributed by atoms with E-state index in [-0.39, 0.29) is 11.1 Å². The maximum Gasteiger partial charge on any atom is 0.262 e. The molecule has 2 heterocycles. The molecule has 1 saturated heterocycles. The van der Waals surface area contributed by atoms with Gasteiger partial charge in [-0.25, -0.2) is 13.4 Å². The third-order valence-electron chi connectivity index (χ3n) is 3.99. The zero-order valence-electron chi connectivity index (χ0n) is 13.1. The number of anilines is 1. The molecule has 0 aliphatic carbocycles. The lowest BCUT2D eigenvalue weighted by atomic mass is 10.2. The first kappa shape index (κ1) is 16.3. The molecule has 2 aromatic rings. The number of halogens is 1. The Bertz CT molecular complexity index is 805. The molecule has 0 unspecified atom stereocenters. The van der Waals surface area contributed by atoms with E-state index in [0.717, 1.165) is 5.69 Å². The van der Waals surface area contributed by atoms with Crippen LogP contribution in [0.3, 0.4) is 0 Å². The molecule has 6 nitrogen and oxygen atoms in total. The Morgan fingerprint density at radius 3 is 2.70 bits per heavy atom. The van der Waals surface area contributed by atoms with E-state index in [9.17, 15) is 8.42 Å². The molecule has 1 aromatic heterocycles. The van der Waals surface area contributed by atoms with Crippen LogP contribution in [0.5, 0.6) is 0 Å². The van der Waals surface area contributed by atoms with Crippen molar-refractivity contribution in [2.75, 3.05) is 24.5 Å². The van der Waals surface area contributed by atoms with Gasteiger partial charge in [-0.15, -0.1) is 0 Å². The van der Waals surface area contributed by atoms with Crippen molar-refractivity contribution in [1.29, 1.82) is 0 Å². The van der Waals surface area contributed by atoms with Crippen LogP contribution in [0.2, 0.25) is 5.02 Å². The second kappa shape index (κ2) is 6.14. The third-order valence-corrected chi connectivity index (χ3v) is 6.13. The van der Waals surface area contributed by atoms with E-state index in [1.807, 2.05) is 31.2 Å². The minimum atomic E-state index is -3.56. The first-order valence-electron chi connectivity index (χ1n) is 7.38. The van der Waals surface area contributed by atoms with Gasteiger partial charge >= 0.3 is 0 Å². The van der Waals surface area contributed by atoms with Crippen molar-refractivity contribution in [3.8, 4) is 0 Å². The summed E-state index contributed by atoms with van der Waals surface area (Å²) in [5, 5.41) is 0.779. The summed E-state index contributed by atoms with van der Waals surface area (Å²) in [6.45, 7) is 3.58. The van der Waals surface area contributed by atoms with Crippen LogP contribution in [0.15, 0.2) is 41.8 Å². The molecule has 23 heavy (non-hydrogen) atoms. The average molecular weight is 355 g/mol. The largest absolute Gasteiger partial charge is 0.369 e. The Morgan fingerprint density at radius 2 is 2.09 bits per heavy atom. The molecule has 0 saturated carbocycles. The van der Waals surface area contributed by atoms with Crippen LogP contribution in [0.4, 0.5) is 5.69 Å². The maximum atomic E-state index is 12.7. The quantitative estimate of drug-likeness (QED) is 0.845. The SMILES string of the molecule is C[C@H]1CN(c2cccc(Cl)c2)CCN1S(=O)(=O)c1cn(C)cn1. The van der Waals surface area contributed by atoms with Gasteiger partial charge in [0.25, 0.3) is 10.0 Å². The predicted molar refractivity (Wildman–Crippen MR) is 90.2 cm³/mol. The lowest BCUT2D eigenvalue weighted by Crippen LogP contribution is -2.54. The van der Waals surface area contributed by atoms with Crippen molar-refractivity contribution in [1.82, 2.24) is 13.9 Å². The lowest BCUT2D eigenvalue weighted by molar-refractivity contribution is 0.306. The van der Waals surface area contributed by atoms with Crippen molar-refractivity contribution < 1.29 is 8.42 Å². The van der Waals surface area contributed by atoms with Gasteiger partial charge < -0.3 is 9.47 Å². The number of hydrogen-bond donors (Lipinski definition) is 0. The number of hydrogen-bond acceptors (Lipinski definition) is 4. The molecule has 1 atom stereocenters. The van der Waals surface area contributed by atoms with Gasteiger partial charge in [0.05, 0.1) is 6.33 Å².